The molecule has 190 valence electrons. The molecule has 0 aromatic heterocycles. The number of aliphatic hydroxyl groups excluding tert-OH is 1. The second-order valence-corrected chi connectivity index (χ2v) is 10.1. The Morgan fingerprint density at radius 1 is 1.14 bits per heavy atom. The van der Waals surface area contributed by atoms with Crippen molar-refractivity contribution in [1.82, 2.24) is 4.90 Å². The molecule has 0 bridgehead atoms. The van der Waals surface area contributed by atoms with E-state index in [4.69, 9.17) is 16.3 Å². The summed E-state index contributed by atoms with van der Waals surface area (Å²) in [6, 6.07) is 21.8. The smallest absolute Gasteiger partial charge is 0.335 e. The molecular weight excluding hydrogens is 474 g/mol. The molecular formula is C30H34ClNO4. The summed E-state index contributed by atoms with van der Waals surface area (Å²) >= 11 is 6.16. The molecule has 1 aliphatic rings. The molecule has 2 N–H and O–H groups in total. The van der Waals surface area contributed by atoms with Crippen LogP contribution in [0.25, 0.3) is 11.1 Å². The van der Waals surface area contributed by atoms with Crippen LogP contribution in [0.5, 0.6) is 0 Å². The standard InChI is InChI=1S/C30H34ClNO4/c1-20-15-23(12-13-27(20)30(34)35)29-11-4-3-10-28(29)21(2)36-19-26(33)18-32-14-6-9-25(32)17-22-7-5-8-24(31)16-22/h3-5,7-8,10-13,15-16,21,25-26,33H,6,9,14,17-19H2,1-2H3,(H,34,35)/t21-,25+,26-/m1/s1. The number of hydrogen-bond donors (Lipinski definition) is 2. The van der Waals surface area contributed by atoms with E-state index in [0.717, 1.165) is 53.1 Å². The lowest BCUT2D eigenvalue weighted by molar-refractivity contribution is -0.0169. The molecule has 0 saturated carbocycles. The predicted octanol–water partition coefficient (Wildman–Crippen LogP) is 6.16. The van der Waals surface area contributed by atoms with E-state index >= 15 is 0 Å². The summed E-state index contributed by atoms with van der Waals surface area (Å²) in [4.78, 5) is 13.8. The molecule has 1 heterocycles. The summed E-state index contributed by atoms with van der Waals surface area (Å²) in [5, 5.41) is 20.9. The van der Waals surface area contributed by atoms with E-state index in [1.165, 1.54) is 5.56 Å². The van der Waals surface area contributed by atoms with Crippen molar-refractivity contribution in [2.45, 2.75) is 51.4 Å². The number of carboxylic acid groups (broad SMARTS) is 1. The molecule has 36 heavy (non-hydrogen) atoms. The maximum Gasteiger partial charge on any atom is 0.335 e. The van der Waals surface area contributed by atoms with Crippen LogP contribution in [0.1, 0.15) is 52.9 Å². The Bertz CT molecular complexity index is 1200. The number of hydrogen-bond acceptors (Lipinski definition) is 4. The van der Waals surface area contributed by atoms with Crippen molar-refractivity contribution in [2.75, 3.05) is 19.7 Å². The Morgan fingerprint density at radius 2 is 1.94 bits per heavy atom. The molecule has 0 amide bonds. The van der Waals surface area contributed by atoms with Crippen LogP contribution in [0, 0.1) is 6.92 Å². The maximum absolute atomic E-state index is 11.4. The number of benzene rings is 3. The number of rotatable bonds is 10. The van der Waals surface area contributed by atoms with E-state index in [1.54, 1.807) is 6.07 Å². The van der Waals surface area contributed by atoms with Crippen molar-refractivity contribution in [1.29, 1.82) is 0 Å². The molecule has 1 saturated heterocycles. The highest BCUT2D eigenvalue weighted by Gasteiger charge is 2.27. The van der Waals surface area contributed by atoms with Gasteiger partial charge in [0.2, 0.25) is 0 Å². The summed E-state index contributed by atoms with van der Waals surface area (Å²) in [7, 11) is 0. The SMILES string of the molecule is Cc1cc(-c2ccccc2[C@@H](C)OC[C@H](O)CN2CCC[C@H]2Cc2cccc(Cl)c2)ccc1C(=O)O. The van der Waals surface area contributed by atoms with E-state index in [2.05, 4.69) is 11.0 Å². The predicted molar refractivity (Wildman–Crippen MR) is 144 cm³/mol. The number of aliphatic hydroxyl groups is 1. The molecule has 3 aromatic rings. The fourth-order valence-electron chi connectivity index (χ4n) is 5.16. The molecule has 4 rings (SSSR count). The Labute approximate surface area is 218 Å². The molecule has 0 aliphatic carbocycles. The monoisotopic (exact) mass is 507 g/mol. The summed E-state index contributed by atoms with van der Waals surface area (Å²) in [6.07, 6.45) is 2.36. The highest BCUT2D eigenvalue weighted by atomic mass is 35.5. The maximum atomic E-state index is 11.4. The molecule has 0 radical (unpaired) electrons. The van der Waals surface area contributed by atoms with Crippen LogP contribution in [0.4, 0.5) is 0 Å². The quantitative estimate of drug-likeness (QED) is 0.344. The molecule has 0 unspecified atom stereocenters. The number of aryl methyl sites for hydroxylation is 1. The van der Waals surface area contributed by atoms with Crippen LogP contribution >= 0.6 is 11.6 Å². The molecule has 5 nitrogen and oxygen atoms in total. The van der Waals surface area contributed by atoms with Crippen molar-refractivity contribution >= 4 is 17.6 Å². The van der Waals surface area contributed by atoms with Crippen LogP contribution in [0.15, 0.2) is 66.7 Å². The third kappa shape index (κ3) is 6.54. The number of carboxylic acids is 1. The average Bonchev–Trinajstić information content (AvgIpc) is 3.28. The van der Waals surface area contributed by atoms with Gasteiger partial charge in [-0.1, -0.05) is 60.1 Å². The highest BCUT2D eigenvalue weighted by Crippen LogP contribution is 2.31. The summed E-state index contributed by atoms with van der Waals surface area (Å²) in [6.45, 7) is 5.60. The van der Waals surface area contributed by atoms with Crippen molar-refractivity contribution in [3.05, 3.63) is 94.0 Å². The lowest BCUT2D eigenvalue weighted by Gasteiger charge is -2.27. The van der Waals surface area contributed by atoms with Gasteiger partial charge in [0.1, 0.15) is 0 Å². The van der Waals surface area contributed by atoms with Crippen LogP contribution in [-0.4, -0.2) is 52.9 Å². The minimum absolute atomic E-state index is 0.226. The number of nitrogens with zero attached hydrogens (tertiary/aromatic N) is 1. The summed E-state index contributed by atoms with van der Waals surface area (Å²) in [5.41, 5.74) is 5.20. The number of halogens is 1. The molecule has 1 fully saturated rings. The number of ether oxygens (including phenoxy) is 1. The van der Waals surface area contributed by atoms with Gasteiger partial charge in [0.05, 0.1) is 24.4 Å². The fourth-order valence-corrected chi connectivity index (χ4v) is 5.37. The van der Waals surface area contributed by atoms with E-state index in [0.29, 0.717) is 18.2 Å². The van der Waals surface area contributed by atoms with Crippen molar-refractivity contribution < 1.29 is 19.7 Å². The van der Waals surface area contributed by atoms with Crippen LogP contribution in [0.3, 0.4) is 0 Å². The van der Waals surface area contributed by atoms with Gasteiger partial charge < -0.3 is 14.9 Å². The lowest BCUT2D eigenvalue weighted by Crippen LogP contribution is -2.39. The first-order valence-electron chi connectivity index (χ1n) is 12.5. The van der Waals surface area contributed by atoms with Crippen LogP contribution < -0.4 is 0 Å². The first kappa shape index (κ1) is 26.4. The van der Waals surface area contributed by atoms with Crippen molar-refractivity contribution in [3.63, 3.8) is 0 Å². The van der Waals surface area contributed by atoms with Crippen LogP contribution in [-0.2, 0) is 11.2 Å². The van der Waals surface area contributed by atoms with Gasteiger partial charge in [0, 0.05) is 17.6 Å². The highest BCUT2D eigenvalue weighted by molar-refractivity contribution is 6.30. The van der Waals surface area contributed by atoms with Crippen molar-refractivity contribution in [2.24, 2.45) is 0 Å². The zero-order valence-electron chi connectivity index (χ0n) is 20.9. The third-order valence-electron chi connectivity index (χ3n) is 7.01. The number of carbonyl (C=O) groups is 1. The minimum Gasteiger partial charge on any atom is -0.478 e. The molecule has 6 heteroatoms. The van der Waals surface area contributed by atoms with Gasteiger partial charge in [-0.05, 0) is 85.7 Å². The number of β-amino-alcohol motifs (C(OH)–C–C–N with tert-alkyl or cyclic N) is 1. The fraction of sp³-hybridized carbons (Fsp3) is 0.367. The summed E-state index contributed by atoms with van der Waals surface area (Å²) in [5.74, 6) is -0.925. The van der Waals surface area contributed by atoms with Gasteiger partial charge in [-0.15, -0.1) is 0 Å². The Morgan fingerprint density at radius 3 is 2.69 bits per heavy atom. The average molecular weight is 508 g/mol. The van der Waals surface area contributed by atoms with Gasteiger partial charge in [-0.25, -0.2) is 4.79 Å². The normalized spacial score (nSPS) is 17.7. The van der Waals surface area contributed by atoms with Gasteiger partial charge >= 0.3 is 5.97 Å². The van der Waals surface area contributed by atoms with Gasteiger partial charge in [0.15, 0.2) is 0 Å². The van der Waals surface area contributed by atoms with Crippen LogP contribution in [0.2, 0.25) is 5.02 Å². The minimum atomic E-state index is -0.925. The van der Waals surface area contributed by atoms with Gasteiger partial charge in [0.25, 0.3) is 0 Å². The molecule has 0 spiro atoms. The zero-order chi connectivity index (χ0) is 25.7. The van der Waals surface area contributed by atoms with E-state index in [1.807, 2.05) is 68.4 Å². The second-order valence-electron chi connectivity index (χ2n) is 9.68. The van der Waals surface area contributed by atoms with E-state index < -0.39 is 12.1 Å². The zero-order valence-corrected chi connectivity index (χ0v) is 21.6. The topological polar surface area (TPSA) is 70.0 Å². The number of likely N-dealkylation sites (tertiary alicyclic amines) is 1. The Hall–Kier alpha value is -2.70. The Balaban J connectivity index is 1.37. The van der Waals surface area contributed by atoms with Crippen molar-refractivity contribution in [3.8, 4) is 11.1 Å². The summed E-state index contributed by atoms with van der Waals surface area (Å²) < 4.78 is 6.14. The van der Waals surface area contributed by atoms with Gasteiger partial charge in [-0.2, -0.15) is 0 Å². The molecule has 3 aromatic carbocycles. The van der Waals surface area contributed by atoms with Gasteiger partial charge in [-0.3, -0.25) is 4.90 Å². The van der Waals surface area contributed by atoms with E-state index in [-0.39, 0.29) is 12.7 Å². The molecule has 1 aliphatic heterocycles. The third-order valence-corrected chi connectivity index (χ3v) is 7.24. The first-order chi connectivity index (χ1) is 17.3. The Kier molecular flexibility index (Phi) is 8.81. The lowest BCUT2D eigenvalue weighted by atomic mass is 9.94. The first-order valence-corrected chi connectivity index (χ1v) is 12.9. The second kappa shape index (κ2) is 12.0. The largest absolute Gasteiger partial charge is 0.478 e. The molecule has 3 atom stereocenters. The number of aromatic carboxylic acids is 1. The van der Waals surface area contributed by atoms with E-state index in [9.17, 15) is 15.0 Å².